The first-order valence-corrected chi connectivity index (χ1v) is 7.10. The summed E-state index contributed by atoms with van der Waals surface area (Å²) in [5, 5.41) is 0. The van der Waals surface area contributed by atoms with E-state index >= 15 is 0 Å². The average Bonchev–Trinajstić information content (AvgIpc) is 3.04. The molecule has 1 aromatic carbocycles. The Morgan fingerprint density at radius 3 is 2.78 bits per heavy atom. The summed E-state index contributed by atoms with van der Waals surface area (Å²) < 4.78 is 5.85. The number of hydrogen-bond acceptors (Lipinski definition) is 3. The second-order valence-corrected chi connectivity index (χ2v) is 5.16. The van der Waals surface area contributed by atoms with Gasteiger partial charge in [-0.25, -0.2) is 0 Å². The molecule has 0 atom stereocenters. The first kappa shape index (κ1) is 11.8. The van der Waals surface area contributed by atoms with Crippen molar-refractivity contribution in [2.24, 2.45) is 0 Å². The van der Waals surface area contributed by atoms with Crippen LogP contribution in [0.15, 0.2) is 28.7 Å². The van der Waals surface area contributed by atoms with Crippen molar-refractivity contribution >= 4 is 28.7 Å². The summed E-state index contributed by atoms with van der Waals surface area (Å²) in [5.74, 6) is 0.606. The fourth-order valence-electron chi connectivity index (χ4n) is 2.72. The van der Waals surface area contributed by atoms with E-state index in [1.807, 2.05) is 24.3 Å². The Bertz CT molecular complexity index is 486. The van der Waals surface area contributed by atoms with Crippen molar-refractivity contribution in [2.45, 2.75) is 31.7 Å². The highest BCUT2D eigenvalue weighted by atomic mass is 35.5. The lowest BCUT2D eigenvalue weighted by molar-refractivity contribution is 0.520. The molecule has 0 unspecified atom stereocenters. The van der Waals surface area contributed by atoms with Gasteiger partial charge in [-0.1, -0.05) is 25.0 Å². The van der Waals surface area contributed by atoms with Crippen molar-refractivity contribution in [3.05, 3.63) is 24.3 Å². The Labute approximate surface area is 112 Å². The fourth-order valence-corrected chi connectivity index (χ4v) is 2.91. The van der Waals surface area contributed by atoms with Gasteiger partial charge in [-0.15, -0.1) is 11.6 Å². The molecule has 0 amide bonds. The van der Waals surface area contributed by atoms with E-state index < -0.39 is 0 Å². The van der Waals surface area contributed by atoms with E-state index in [0.717, 1.165) is 23.7 Å². The number of fused-ring (bicyclic) bond motifs is 1. The second kappa shape index (κ2) is 5.19. The largest absolute Gasteiger partial charge is 0.423 e. The predicted molar refractivity (Wildman–Crippen MR) is 74.3 cm³/mol. The molecule has 18 heavy (non-hydrogen) atoms. The molecule has 96 valence electrons. The predicted octanol–water partition coefficient (Wildman–Crippen LogP) is 3.82. The van der Waals surface area contributed by atoms with Gasteiger partial charge in [-0.3, -0.25) is 0 Å². The first-order chi connectivity index (χ1) is 8.88. The monoisotopic (exact) mass is 264 g/mol. The lowest BCUT2D eigenvalue weighted by atomic mass is 10.2. The molecule has 1 aliphatic rings. The number of hydrogen-bond donors (Lipinski definition) is 0. The van der Waals surface area contributed by atoms with E-state index in [9.17, 15) is 0 Å². The van der Waals surface area contributed by atoms with Gasteiger partial charge in [0, 0.05) is 18.5 Å². The average molecular weight is 265 g/mol. The van der Waals surface area contributed by atoms with Gasteiger partial charge in [0.2, 0.25) is 0 Å². The van der Waals surface area contributed by atoms with Crippen LogP contribution in [0.5, 0.6) is 0 Å². The smallest absolute Gasteiger partial charge is 0.298 e. The van der Waals surface area contributed by atoms with Crippen molar-refractivity contribution in [3.63, 3.8) is 0 Å². The molecule has 1 heterocycles. The van der Waals surface area contributed by atoms with Crippen LogP contribution in [0.3, 0.4) is 0 Å². The molecule has 0 aliphatic heterocycles. The van der Waals surface area contributed by atoms with Crippen molar-refractivity contribution in [1.29, 1.82) is 0 Å². The molecular weight excluding hydrogens is 248 g/mol. The fraction of sp³-hybridized carbons (Fsp3) is 0.500. The standard InChI is InChI=1S/C14H17ClN2O/c15-9-10-17(11-5-1-2-6-11)14-16-12-7-3-4-8-13(12)18-14/h3-4,7-8,11H,1-2,5-6,9-10H2. The number of para-hydroxylation sites is 2. The minimum Gasteiger partial charge on any atom is -0.423 e. The van der Waals surface area contributed by atoms with Crippen LogP contribution in [0, 0.1) is 0 Å². The highest BCUT2D eigenvalue weighted by Crippen LogP contribution is 2.29. The van der Waals surface area contributed by atoms with Crippen molar-refractivity contribution in [3.8, 4) is 0 Å². The summed E-state index contributed by atoms with van der Waals surface area (Å²) in [6.45, 7) is 0.805. The maximum atomic E-state index is 5.91. The molecule has 4 heteroatoms. The number of oxazole rings is 1. The lowest BCUT2D eigenvalue weighted by Gasteiger charge is -2.26. The third-order valence-corrected chi connectivity index (χ3v) is 3.79. The highest BCUT2D eigenvalue weighted by Gasteiger charge is 2.25. The molecule has 1 fully saturated rings. The number of aromatic nitrogens is 1. The molecule has 1 aromatic heterocycles. The maximum Gasteiger partial charge on any atom is 0.298 e. The molecular formula is C14H17ClN2O. The molecule has 3 nitrogen and oxygen atoms in total. The van der Waals surface area contributed by atoms with E-state index in [1.54, 1.807) is 0 Å². The van der Waals surface area contributed by atoms with Crippen molar-refractivity contribution in [2.75, 3.05) is 17.3 Å². The normalized spacial score (nSPS) is 16.5. The zero-order chi connectivity index (χ0) is 12.4. The third-order valence-electron chi connectivity index (χ3n) is 3.62. The first-order valence-electron chi connectivity index (χ1n) is 6.56. The Hall–Kier alpha value is -1.22. The molecule has 0 N–H and O–H groups in total. The van der Waals surface area contributed by atoms with E-state index in [-0.39, 0.29) is 0 Å². The maximum absolute atomic E-state index is 5.91. The van der Waals surface area contributed by atoms with Gasteiger partial charge in [0.15, 0.2) is 5.58 Å². The molecule has 0 radical (unpaired) electrons. The SMILES string of the molecule is ClCCN(c1nc2ccccc2o1)C1CCCC1. The molecule has 1 aliphatic carbocycles. The number of halogens is 1. The number of anilines is 1. The van der Waals surface area contributed by atoms with Gasteiger partial charge >= 0.3 is 0 Å². The zero-order valence-electron chi connectivity index (χ0n) is 10.3. The summed E-state index contributed by atoms with van der Waals surface area (Å²) in [6, 6.07) is 9.16. The highest BCUT2D eigenvalue weighted by molar-refractivity contribution is 6.18. The molecule has 0 spiro atoms. The van der Waals surface area contributed by atoms with Crippen LogP contribution in [-0.2, 0) is 0 Å². The van der Waals surface area contributed by atoms with Gasteiger partial charge < -0.3 is 9.32 Å². The summed E-state index contributed by atoms with van der Waals surface area (Å²) in [7, 11) is 0. The minimum atomic E-state index is 0.539. The van der Waals surface area contributed by atoms with Crippen LogP contribution in [0.25, 0.3) is 11.1 Å². The topological polar surface area (TPSA) is 29.3 Å². The van der Waals surface area contributed by atoms with E-state index in [2.05, 4.69) is 9.88 Å². The third kappa shape index (κ3) is 2.19. The number of benzene rings is 1. The van der Waals surface area contributed by atoms with E-state index in [0.29, 0.717) is 11.9 Å². The van der Waals surface area contributed by atoms with Crippen LogP contribution in [0.1, 0.15) is 25.7 Å². The summed E-state index contributed by atoms with van der Waals surface area (Å²) >= 11 is 5.91. The minimum absolute atomic E-state index is 0.539. The molecule has 0 saturated heterocycles. The van der Waals surface area contributed by atoms with Crippen LogP contribution < -0.4 is 4.90 Å². The quantitative estimate of drug-likeness (QED) is 0.787. The Morgan fingerprint density at radius 1 is 1.28 bits per heavy atom. The van der Waals surface area contributed by atoms with Gasteiger partial charge in [0.05, 0.1) is 0 Å². The van der Waals surface area contributed by atoms with Gasteiger partial charge in [0.1, 0.15) is 5.52 Å². The Kier molecular flexibility index (Phi) is 3.41. The number of rotatable bonds is 4. The van der Waals surface area contributed by atoms with Gasteiger partial charge in [-0.05, 0) is 25.0 Å². The van der Waals surface area contributed by atoms with Crippen molar-refractivity contribution in [1.82, 2.24) is 4.98 Å². The lowest BCUT2D eigenvalue weighted by Crippen LogP contribution is -2.35. The van der Waals surface area contributed by atoms with Gasteiger partial charge in [-0.2, -0.15) is 4.98 Å². The molecule has 2 aromatic rings. The van der Waals surface area contributed by atoms with Gasteiger partial charge in [0.25, 0.3) is 6.01 Å². The molecule has 1 saturated carbocycles. The Balaban J connectivity index is 1.92. The summed E-state index contributed by atoms with van der Waals surface area (Å²) in [4.78, 5) is 6.81. The van der Waals surface area contributed by atoms with Crippen LogP contribution >= 0.6 is 11.6 Å². The summed E-state index contributed by atoms with van der Waals surface area (Å²) in [5.41, 5.74) is 1.77. The zero-order valence-corrected chi connectivity index (χ0v) is 11.1. The summed E-state index contributed by atoms with van der Waals surface area (Å²) in [6.07, 6.45) is 5.03. The van der Waals surface area contributed by atoms with Crippen molar-refractivity contribution < 1.29 is 4.42 Å². The Morgan fingerprint density at radius 2 is 2.06 bits per heavy atom. The second-order valence-electron chi connectivity index (χ2n) is 4.78. The number of nitrogens with zero attached hydrogens (tertiary/aromatic N) is 2. The molecule has 0 bridgehead atoms. The van der Waals surface area contributed by atoms with E-state index in [4.69, 9.17) is 16.0 Å². The number of alkyl halides is 1. The van der Waals surface area contributed by atoms with Crippen LogP contribution in [0.2, 0.25) is 0 Å². The van der Waals surface area contributed by atoms with Crippen LogP contribution in [-0.4, -0.2) is 23.5 Å². The van der Waals surface area contributed by atoms with E-state index in [1.165, 1.54) is 25.7 Å². The molecule has 3 rings (SSSR count). The van der Waals surface area contributed by atoms with Crippen LogP contribution in [0.4, 0.5) is 6.01 Å².